The lowest BCUT2D eigenvalue weighted by Gasteiger charge is -2.39. The quantitative estimate of drug-likeness (QED) is 0.598. The number of aliphatic hydroxyl groups is 1. The van der Waals surface area contributed by atoms with Crippen molar-refractivity contribution < 1.29 is 24.2 Å². The molecule has 1 heterocycles. The molecule has 1 saturated heterocycles. The van der Waals surface area contributed by atoms with Gasteiger partial charge in [0.2, 0.25) is 0 Å². The molecule has 0 amide bonds. The van der Waals surface area contributed by atoms with E-state index in [4.69, 9.17) is 4.74 Å². The number of methoxy groups -OCH3 is 1. The third-order valence-corrected chi connectivity index (χ3v) is 5.14. The molecule has 2 aliphatic carbocycles. The lowest BCUT2D eigenvalue weighted by atomic mass is 9.67. The summed E-state index contributed by atoms with van der Waals surface area (Å²) in [5.74, 6) is 0.821. The molecule has 1 aliphatic heterocycles. The van der Waals surface area contributed by atoms with Crippen LogP contribution in [0.25, 0.3) is 0 Å². The van der Waals surface area contributed by atoms with Gasteiger partial charge in [-0.15, -0.1) is 0 Å². The van der Waals surface area contributed by atoms with Gasteiger partial charge in [-0.2, -0.15) is 12.6 Å². The second-order valence-corrected chi connectivity index (χ2v) is 6.71. The number of carbonyl (C=O) groups is 2. The zero-order valence-electron chi connectivity index (χ0n) is 12.6. The molecule has 0 aromatic heterocycles. The lowest BCUT2D eigenvalue weighted by Crippen LogP contribution is -2.49. The minimum atomic E-state index is -0.802. The molecule has 120 valence electrons. The molecule has 5 nitrogen and oxygen atoms in total. The van der Waals surface area contributed by atoms with Gasteiger partial charge in [-0.25, -0.2) is 0 Å². The molecule has 3 unspecified atom stereocenters. The van der Waals surface area contributed by atoms with Crippen molar-refractivity contribution in [2.75, 3.05) is 12.9 Å². The van der Waals surface area contributed by atoms with Crippen LogP contribution in [-0.2, 0) is 19.1 Å². The summed E-state index contributed by atoms with van der Waals surface area (Å²) in [6.45, 7) is 2.17. The van der Waals surface area contributed by atoms with Crippen LogP contribution in [0.5, 0.6) is 0 Å². The van der Waals surface area contributed by atoms with Crippen molar-refractivity contribution in [2.45, 2.75) is 50.7 Å². The molecule has 21 heavy (non-hydrogen) atoms. The van der Waals surface area contributed by atoms with Crippen molar-refractivity contribution in [2.24, 2.45) is 17.8 Å². The molecule has 3 rings (SSSR count). The number of hydrogen-bond acceptors (Lipinski definition) is 6. The maximum absolute atomic E-state index is 11.6. The first-order valence-electron chi connectivity index (χ1n) is 7.54. The summed E-state index contributed by atoms with van der Waals surface area (Å²) in [6.07, 6.45) is 3.95. The average molecular weight is 316 g/mol. The van der Waals surface area contributed by atoms with E-state index in [1.54, 1.807) is 0 Å². The minimum absolute atomic E-state index is 0.159. The first-order chi connectivity index (χ1) is 9.93. The molecule has 0 aromatic rings. The predicted octanol–water partition coefficient (Wildman–Crippen LogP) is 1.58. The molecule has 3 aliphatic rings. The van der Waals surface area contributed by atoms with Crippen molar-refractivity contribution in [3.05, 3.63) is 0 Å². The van der Waals surface area contributed by atoms with Gasteiger partial charge < -0.3 is 14.6 Å². The summed E-state index contributed by atoms with van der Waals surface area (Å²) in [6, 6.07) is 0. The number of hydrogen-bond donors (Lipinski definition) is 2. The molecule has 0 spiro atoms. The average Bonchev–Trinajstić information content (AvgIpc) is 2.89. The van der Waals surface area contributed by atoms with Gasteiger partial charge in [-0.1, -0.05) is 6.92 Å². The van der Waals surface area contributed by atoms with Gasteiger partial charge in [0, 0.05) is 5.75 Å². The van der Waals surface area contributed by atoms with Crippen molar-refractivity contribution in [1.29, 1.82) is 0 Å². The molecule has 5 atom stereocenters. The van der Waals surface area contributed by atoms with Gasteiger partial charge >= 0.3 is 11.9 Å². The molecular weight excluding hydrogens is 292 g/mol. The number of esters is 2. The third kappa shape index (κ3) is 3.06. The van der Waals surface area contributed by atoms with E-state index in [1.807, 2.05) is 0 Å². The Hall–Kier alpha value is -0.750. The fraction of sp³-hybridized carbons (Fsp3) is 0.867. The molecule has 0 bridgehead atoms. The van der Waals surface area contributed by atoms with E-state index in [9.17, 15) is 14.7 Å². The largest absolute Gasteiger partial charge is 0.469 e. The Morgan fingerprint density at radius 3 is 2.76 bits per heavy atom. The molecule has 6 heteroatoms. The minimum Gasteiger partial charge on any atom is -0.469 e. The van der Waals surface area contributed by atoms with Crippen molar-refractivity contribution in [3.63, 3.8) is 0 Å². The van der Waals surface area contributed by atoms with Crippen LogP contribution < -0.4 is 0 Å². The zero-order chi connectivity index (χ0) is 15.6. The number of rotatable bonds is 2. The Kier molecular flexibility index (Phi) is 5.20. The highest BCUT2D eigenvalue weighted by Crippen LogP contribution is 2.55. The van der Waals surface area contributed by atoms with Crippen LogP contribution in [0.3, 0.4) is 0 Å². The maximum atomic E-state index is 11.6. The lowest BCUT2D eigenvalue weighted by molar-refractivity contribution is -0.145. The van der Waals surface area contributed by atoms with Crippen LogP contribution >= 0.6 is 12.6 Å². The normalized spacial score (nSPS) is 39.9. The third-order valence-electron chi connectivity index (χ3n) is 4.92. The number of ether oxygens (including phenoxy) is 2. The monoisotopic (exact) mass is 316 g/mol. The van der Waals surface area contributed by atoms with Crippen molar-refractivity contribution in [1.82, 2.24) is 0 Å². The Bertz CT molecular complexity index is 413. The summed E-state index contributed by atoms with van der Waals surface area (Å²) in [7, 11) is 1.37. The molecule has 0 radical (unpaired) electrons. The van der Waals surface area contributed by atoms with Crippen LogP contribution in [-0.4, -0.2) is 41.6 Å². The first kappa shape index (κ1) is 16.6. The highest BCUT2D eigenvalue weighted by Gasteiger charge is 2.65. The summed E-state index contributed by atoms with van der Waals surface area (Å²) >= 11 is 3.81. The summed E-state index contributed by atoms with van der Waals surface area (Å²) in [5, 5.41) is 10.6. The van der Waals surface area contributed by atoms with Crippen LogP contribution in [0.2, 0.25) is 0 Å². The van der Waals surface area contributed by atoms with E-state index in [2.05, 4.69) is 24.3 Å². The summed E-state index contributed by atoms with van der Waals surface area (Å²) < 4.78 is 9.56. The second-order valence-electron chi connectivity index (χ2n) is 6.27. The highest BCUT2D eigenvalue weighted by atomic mass is 32.1. The predicted molar refractivity (Wildman–Crippen MR) is 79.9 cm³/mol. The Morgan fingerprint density at radius 2 is 2.19 bits per heavy atom. The Balaban J connectivity index is 0.000000199. The van der Waals surface area contributed by atoms with Crippen molar-refractivity contribution in [3.8, 4) is 0 Å². The molecule has 0 aromatic carbocycles. The number of carbonyl (C=O) groups excluding carboxylic acids is 2. The highest BCUT2D eigenvalue weighted by molar-refractivity contribution is 7.80. The van der Waals surface area contributed by atoms with E-state index in [0.717, 1.165) is 25.7 Å². The van der Waals surface area contributed by atoms with E-state index in [0.29, 0.717) is 24.0 Å². The fourth-order valence-electron chi connectivity index (χ4n) is 3.92. The van der Waals surface area contributed by atoms with Crippen LogP contribution in [0.15, 0.2) is 0 Å². The van der Waals surface area contributed by atoms with Gasteiger partial charge in [-0.3, -0.25) is 9.59 Å². The molecule has 2 saturated carbocycles. The van der Waals surface area contributed by atoms with E-state index in [-0.39, 0.29) is 24.0 Å². The molecular formula is C15H24O5S. The fourth-order valence-corrected chi connectivity index (χ4v) is 4.10. The van der Waals surface area contributed by atoms with Gasteiger partial charge in [0.05, 0.1) is 19.4 Å². The van der Waals surface area contributed by atoms with Gasteiger partial charge in [0.25, 0.3) is 0 Å². The molecule has 1 N–H and O–H groups in total. The van der Waals surface area contributed by atoms with E-state index in [1.165, 1.54) is 7.11 Å². The standard InChI is InChI=1S/C11H16O3.C4H8O2S/c1-6-4-7-2-3-9-11(7,13)8(5-6)10(12)14-9;1-6-4(5)2-3-7/h6-9,13H,2-5H2,1H3;7H,2-3H2,1H3/t6?,7?,8?,9-,11+;/m1./s1. The number of thiol groups is 1. The van der Waals surface area contributed by atoms with Crippen molar-refractivity contribution >= 4 is 24.6 Å². The molecule has 3 fully saturated rings. The SMILES string of the molecule is CC1CC2CC[C@H]3OC(=O)C(C1)[C@@]23O.COC(=O)CCS. The first-order valence-corrected chi connectivity index (χ1v) is 8.17. The van der Waals surface area contributed by atoms with Crippen LogP contribution in [0.1, 0.15) is 39.0 Å². The summed E-state index contributed by atoms with van der Waals surface area (Å²) in [5.41, 5.74) is -0.802. The Morgan fingerprint density at radius 1 is 1.48 bits per heavy atom. The Labute approximate surface area is 130 Å². The smallest absolute Gasteiger partial charge is 0.312 e. The van der Waals surface area contributed by atoms with Crippen LogP contribution in [0, 0.1) is 17.8 Å². The summed E-state index contributed by atoms with van der Waals surface area (Å²) in [4.78, 5) is 21.7. The van der Waals surface area contributed by atoms with Gasteiger partial charge in [-0.05, 0) is 37.5 Å². The van der Waals surface area contributed by atoms with Gasteiger partial charge in [0.1, 0.15) is 11.7 Å². The maximum Gasteiger partial charge on any atom is 0.312 e. The van der Waals surface area contributed by atoms with E-state index < -0.39 is 5.60 Å². The van der Waals surface area contributed by atoms with Crippen LogP contribution in [0.4, 0.5) is 0 Å². The second kappa shape index (κ2) is 6.57. The zero-order valence-corrected chi connectivity index (χ0v) is 13.5. The van der Waals surface area contributed by atoms with E-state index >= 15 is 0 Å². The topological polar surface area (TPSA) is 72.8 Å². The van der Waals surface area contributed by atoms with Gasteiger partial charge in [0.15, 0.2) is 0 Å².